The molecule has 24 heavy (non-hydrogen) atoms. The lowest BCUT2D eigenvalue weighted by Gasteiger charge is -2.38. The van der Waals surface area contributed by atoms with Crippen molar-refractivity contribution in [1.29, 1.82) is 0 Å². The zero-order valence-corrected chi connectivity index (χ0v) is 14.3. The van der Waals surface area contributed by atoms with E-state index in [0.29, 0.717) is 25.0 Å². The van der Waals surface area contributed by atoms with Crippen molar-refractivity contribution in [1.82, 2.24) is 9.88 Å². The Kier molecular flexibility index (Phi) is 4.55. The standard InChI is InChI=1S/C19H26N2O3/c1-13-9-15(10-13)19(22)21-11-17(18-16(21)3-2-8-23-18)24-12-14-4-6-20-7-5-14/h4-7,13,15-18H,2-3,8-12H2,1H3/t13?,15?,16-,17+,18+/m1/s1. The topological polar surface area (TPSA) is 51.7 Å². The van der Waals surface area contributed by atoms with Gasteiger partial charge in [0.25, 0.3) is 0 Å². The van der Waals surface area contributed by atoms with E-state index in [9.17, 15) is 4.79 Å². The van der Waals surface area contributed by atoms with E-state index in [0.717, 1.165) is 37.9 Å². The fourth-order valence-corrected chi connectivity index (χ4v) is 4.33. The van der Waals surface area contributed by atoms with Crippen LogP contribution in [-0.2, 0) is 20.9 Å². The van der Waals surface area contributed by atoms with Gasteiger partial charge in [0, 0.05) is 31.5 Å². The SMILES string of the molecule is CC1CC(C(=O)N2C[C@H](OCc3ccncc3)[C@H]3OCCC[C@H]32)C1. The van der Waals surface area contributed by atoms with Gasteiger partial charge in [-0.1, -0.05) is 6.92 Å². The summed E-state index contributed by atoms with van der Waals surface area (Å²) in [7, 11) is 0. The number of rotatable bonds is 4. The highest BCUT2D eigenvalue weighted by atomic mass is 16.5. The maximum absolute atomic E-state index is 12.9. The van der Waals surface area contributed by atoms with Gasteiger partial charge in [0.05, 0.1) is 12.6 Å². The summed E-state index contributed by atoms with van der Waals surface area (Å²) in [6, 6.07) is 4.13. The van der Waals surface area contributed by atoms with Crippen molar-refractivity contribution in [3.63, 3.8) is 0 Å². The lowest BCUT2D eigenvalue weighted by molar-refractivity contribution is -0.143. The number of carbonyl (C=O) groups is 1. The summed E-state index contributed by atoms with van der Waals surface area (Å²) < 4.78 is 12.1. The van der Waals surface area contributed by atoms with Crippen LogP contribution in [0.15, 0.2) is 24.5 Å². The van der Waals surface area contributed by atoms with Gasteiger partial charge in [-0.2, -0.15) is 0 Å². The normalized spacial score (nSPS) is 35.4. The van der Waals surface area contributed by atoms with Crippen molar-refractivity contribution < 1.29 is 14.3 Å². The molecule has 0 bridgehead atoms. The third-order valence-electron chi connectivity index (χ3n) is 5.70. The number of aromatic nitrogens is 1. The van der Waals surface area contributed by atoms with E-state index in [-0.39, 0.29) is 24.2 Å². The van der Waals surface area contributed by atoms with Crippen LogP contribution in [0.3, 0.4) is 0 Å². The number of hydrogen-bond acceptors (Lipinski definition) is 4. The second kappa shape index (κ2) is 6.81. The van der Waals surface area contributed by atoms with Gasteiger partial charge in [-0.25, -0.2) is 0 Å². The van der Waals surface area contributed by atoms with Crippen LogP contribution in [0, 0.1) is 11.8 Å². The molecule has 5 heteroatoms. The zero-order chi connectivity index (χ0) is 16.5. The van der Waals surface area contributed by atoms with Crippen LogP contribution in [0.5, 0.6) is 0 Å². The third-order valence-corrected chi connectivity index (χ3v) is 5.70. The number of pyridine rings is 1. The molecule has 1 saturated carbocycles. The molecule has 3 aliphatic rings. The van der Waals surface area contributed by atoms with Crippen molar-refractivity contribution in [2.45, 2.75) is 57.5 Å². The second-order valence-electron chi connectivity index (χ2n) is 7.51. The van der Waals surface area contributed by atoms with Crippen molar-refractivity contribution in [2.75, 3.05) is 13.2 Å². The molecule has 0 radical (unpaired) electrons. The van der Waals surface area contributed by atoms with E-state index in [4.69, 9.17) is 9.47 Å². The molecule has 3 atom stereocenters. The first-order valence-electron chi connectivity index (χ1n) is 9.15. The van der Waals surface area contributed by atoms with Gasteiger partial charge in [-0.15, -0.1) is 0 Å². The molecule has 1 aliphatic carbocycles. The lowest BCUT2D eigenvalue weighted by Crippen LogP contribution is -2.47. The van der Waals surface area contributed by atoms with Crippen LogP contribution < -0.4 is 0 Å². The Morgan fingerprint density at radius 2 is 2.17 bits per heavy atom. The van der Waals surface area contributed by atoms with Crippen molar-refractivity contribution in [3.05, 3.63) is 30.1 Å². The minimum Gasteiger partial charge on any atom is -0.373 e. The number of likely N-dealkylation sites (tertiary alicyclic amines) is 1. The fourth-order valence-electron chi connectivity index (χ4n) is 4.33. The van der Waals surface area contributed by atoms with E-state index in [1.165, 1.54) is 0 Å². The average Bonchev–Trinajstić information content (AvgIpc) is 2.96. The number of fused-ring (bicyclic) bond motifs is 1. The van der Waals surface area contributed by atoms with Crippen LogP contribution in [-0.4, -0.2) is 47.2 Å². The van der Waals surface area contributed by atoms with Gasteiger partial charge >= 0.3 is 0 Å². The highest BCUT2D eigenvalue weighted by Crippen LogP contribution is 2.38. The summed E-state index contributed by atoms with van der Waals surface area (Å²) in [4.78, 5) is 19.0. The van der Waals surface area contributed by atoms with E-state index in [1.807, 2.05) is 12.1 Å². The summed E-state index contributed by atoms with van der Waals surface area (Å²) in [5.74, 6) is 1.24. The molecule has 0 unspecified atom stereocenters. The molecule has 130 valence electrons. The molecule has 5 nitrogen and oxygen atoms in total. The average molecular weight is 330 g/mol. The van der Waals surface area contributed by atoms with Crippen molar-refractivity contribution in [2.24, 2.45) is 11.8 Å². The molecular weight excluding hydrogens is 304 g/mol. The van der Waals surface area contributed by atoms with Crippen LogP contribution in [0.2, 0.25) is 0 Å². The number of hydrogen-bond donors (Lipinski definition) is 0. The van der Waals surface area contributed by atoms with Gasteiger partial charge < -0.3 is 14.4 Å². The minimum absolute atomic E-state index is 0.0232. The predicted molar refractivity (Wildman–Crippen MR) is 89.2 cm³/mol. The highest BCUT2D eigenvalue weighted by Gasteiger charge is 2.48. The van der Waals surface area contributed by atoms with Crippen LogP contribution in [0.25, 0.3) is 0 Å². The molecule has 4 rings (SSSR count). The predicted octanol–water partition coefficient (Wildman–Crippen LogP) is 2.40. The first-order chi connectivity index (χ1) is 11.7. The molecule has 0 spiro atoms. The molecular formula is C19H26N2O3. The minimum atomic E-state index is -0.0232. The Labute approximate surface area is 143 Å². The van der Waals surface area contributed by atoms with Gasteiger partial charge in [0.1, 0.15) is 12.2 Å². The molecule has 1 aromatic rings. The van der Waals surface area contributed by atoms with Crippen molar-refractivity contribution in [3.8, 4) is 0 Å². The molecule has 3 fully saturated rings. The summed E-state index contributed by atoms with van der Waals surface area (Å²) >= 11 is 0. The molecule has 1 amide bonds. The summed E-state index contributed by atoms with van der Waals surface area (Å²) in [5, 5.41) is 0. The van der Waals surface area contributed by atoms with Crippen LogP contribution >= 0.6 is 0 Å². The van der Waals surface area contributed by atoms with Crippen LogP contribution in [0.4, 0.5) is 0 Å². The molecule has 0 aromatic carbocycles. The Morgan fingerprint density at radius 3 is 2.92 bits per heavy atom. The quantitative estimate of drug-likeness (QED) is 0.851. The van der Waals surface area contributed by atoms with E-state index in [1.54, 1.807) is 12.4 Å². The largest absolute Gasteiger partial charge is 0.373 e. The van der Waals surface area contributed by atoms with E-state index >= 15 is 0 Å². The van der Waals surface area contributed by atoms with Gasteiger partial charge in [0.15, 0.2) is 0 Å². The van der Waals surface area contributed by atoms with Gasteiger partial charge in [-0.05, 0) is 49.3 Å². The van der Waals surface area contributed by atoms with Crippen molar-refractivity contribution >= 4 is 5.91 Å². The Hall–Kier alpha value is -1.46. The monoisotopic (exact) mass is 330 g/mol. The summed E-state index contributed by atoms with van der Waals surface area (Å²) in [6.45, 7) is 4.21. The Morgan fingerprint density at radius 1 is 1.38 bits per heavy atom. The molecule has 2 aliphatic heterocycles. The molecule has 2 saturated heterocycles. The Balaban J connectivity index is 1.42. The highest BCUT2D eigenvalue weighted by molar-refractivity contribution is 5.80. The van der Waals surface area contributed by atoms with Gasteiger partial charge in [-0.3, -0.25) is 9.78 Å². The number of carbonyl (C=O) groups excluding carboxylic acids is 1. The molecule has 1 aromatic heterocycles. The number of nitrogens with zero attached hydrogens (tertiary/aromatic N) is 2. The smallest absolute Gasteiger partial charge is 0.226 e. The first-order valence-corrected chi connectivity index (χ1v) is 9.15. The number of amides is 1. The summed E-state index contributed by atoms with van der Waals surface area (Å²) in [5.41, 5.74) is 1.11. The molecule has 0 N–H and O–H groups in total. The van der Waals surface area contributed by atoms with E-state index in [2.05, 4.69) is 16.8 Å². The van der Waals surface area contributed by atoms with E-state index < -0.39 is 0 Å². The number of ether oxygens (including phenoxy) is 2. The summed E-state index contributed by atoms with van der Waals surface area (Å²) in [6.07, 6.45) is 7.71. The fraction of sp³-hybridized carbons (Fsp3) is 0.684. The zero-order valence-electron chi connectivity index (χ0n) is 14.3. The second-order valence-corrected chi connectivity index (χ2v) is 7.51. The Bertz CT molecular complexity index is 573. The maximum Gasteiger partial charge on any atom is 0.226 e. The molecule has 3 heterocycles. The first kappa shape index (κ1) is 16.0. The van der Waals surface area contributed by atoms with Gasteiger partial charge in [0.2, 0.25) is 5.91 Å². The van der Waals surface area contributed by atoms with Crippen LogP contribution in [0.1, 0.15) is 38.2 Å². The maximum atomic E-state index is 12.9. The third kappa shape index (κ3) is 3.07. The lowest BCUT2D eigenvalue weighted by atomic mass is 9.75.